The molecule has 0 spiro atoms. The van der Waals surface area contributed by atoms with Gasteiger partial charge >= 0.3 is 17.8 Å². The molecule has 0 unspecified atom stereocenters. The fourth-order valence-electron chi connectivity index (χ4n) is 2.37. The Kier molecular flexibility index (Phi) is 3.57. The third-order valence-electron chi connectivity index (χ3n) is 3.72. The first-order valence-corrected chi connectivity index (χ1v) is 6.93. The van der Waals surface area contributed by atoms with E-state index in [2.05, 4.69) is 10.2 Å². The van der Waals surface area contributed by atoms with E-state index in [1.807, 2.05) is 0 Å². The van der Waals surface area contributed by atoms with E-state index in [4.69, 9.17) is 5.11 Å². The van der Waals surface area contributed by atoms with Gasteiger partial charge in [-0.15, -0.1) is 0 Å². The van der Waals surface area contributed by atoms with Gasteiger partial charge in [-0.25, -0.2) is 4.79 Å². The summed E-state index contributed by atoms with van der Waals surface area (Å²) in [4.78, 5) is 37.4. The standard InChI is InChI=1S/C15H14N4O4/c1-18-6-7-19(14(21)13(18)20)10-4-2-9(3-5-10)11-8-12(15(22)23)17-16-11/h2-5,8H,6-7H2,1H3,(H,16,17)(H,22,23). The molecule has 2 amide bonds. The van der Waals surface area contributed by atoms with Gasteiger partial charge in [0.15, 0.2) is 0 Å². The molecular weight excluding hydrogens is 300 g/mol. The molecule has 23 heavy (non-hydrogen) atoms. The number of hydrogen-bond donors (Lipinski definition) is 2. The minimum Gasteiger partial charge on any atom is -0.477 e. The molecule has 118 valence electrons. The predicted molar refractivity (Wildman–Crippen MR) is 81.0 cm³/mol. The number of benzene rings is 1. The van der Waals surface area contributed by atoms with Crippen molar-refractivity contribution in [3.63, 3.8) is 0 Å². The minimum absolute atomic E-state index is 0.00363. The number of H-pyrrole nitrogens is 1. The largest absolute Gasteiger partial charge is 0.477 e. The Hall–Kier alpha value is -3.16. The van der Waals surface area contributed by atoms with Crippen molar-refractivity contribution >= 4 is 23.5 Å². The number of hydrogen-bond acceptors (Lipinski definition) is 4. The fourth-order valence-corrected chi connectivity index (χ4v) is 2.37. The molecule has 3 rings (SSSR count). The van der Waals surface area contributed by atoms with Crippen molar-refractivity contribution in [1.29, 1.82) is 0 Å². The van der Waals surface area contributed by atoms with Crippen molar-refractivity contribution in [2.24, 2.45) is 0 Å². The van der Waals surface area contributed by atoms with E-state index in [9.17, 15) is 14.4 Å². The van der Waals surface area contributed by atoms with Crippen LogP contribution < -0.4 is 4.90 Å². The molecule has 1 aromatic carbocycles. The van der Waals surface area contributed by atoms with Crippen molar-refractivity contribution in [2.75, 3.05) is 25.0 Å². The summed E-state index contributed by atoms with van der Waals surface area (Å²) < 4.78 is 0. The third kappa shape index (κ3) is 2.66. The first-order valence-electron chi connectivity index (χ1n) is 6.93. The number of aromatic amines is 1. The molecule has 1 aliphatic heterocycles. The average molecular weight is 314 g/mol. The Morgan fingerprint density at radius 2 is 1.87 bits per heavy atom. The highest BCUT2D eigenvalue weighted by molar-refractivity contribution is 6.40. The van der Waals surface area contributed by atoms with Gasteiger partial charge < -0.3 is 14.9 Å². The van der Waals surface area contributed by atoms with Crippen LogP contribution in [0.25, 0.3) is 11.3 Å². The van der Waals surface area contributed by atoms with Crippen molar-refractivity contribution in [3.8, 4) is 11.3 Å². The van der Waals surface area contributed by atoms with Crippen LogP contribution in [-0.2, 0) is 9.59 Å². The quantitative estimate of drug-likeness (QED) is 0.806. The molecular formula is C15H14N4O4. The molecule has 8 heteroatoms. The highest BCUT2D eigenvalue weighted by Crippen LogP contribution is 2.23. The zero-order chi connectivity index (χ0) is 16.6. The lowest BCUT2D eigenvalue weighted by Crippen LogP contribution is -2.52. The molecule has 0 radical (unpaired) electrons. The number of nitrogens with zero attached hydrogens (tertiary/aromatic N) is 3. The lowest BCUT2D eigenvalue weighted by atomic mass is 10.1. The number of carboxylic acids is 1. The van der Waals surface area contributed by atoms with Crippen LogP contribution in [0.4, 0.5) is 5.69 Å². The summed E-state index contributed by atoms with van der Waals surface area (Å²) >= 11 is 0. The van der Waals surface area contributed by atoms with Crippen molar-refractivity contribution in [1.82, 2.24) is 15.1 Å². The van der Waals surface area contributed by atoms with E-state index in [-0.39, 0.29) is 5.69 Å². The summed E-state index contributed by atoms with van der Waals surface area (Å²) in [6.45, 7) is 0.916. The van der Waals surface area contributed by atoms with Gasteiger partial charge in [0.05, 0.1) is 5.69 Å². The maximum atomic E-state index is 12.0. The normalized spacial score (nSPS) is 15.2. The van der Waals surface area contributed by atoms with Gasteiger partial charge in [0.2, 0.25) is 0 Å². The predicted octanol–water partition coefficient (Wildman–Crippen LogP) is 0.580. The Balaban J connectivity index is 1.83. The second kappa shape index (κ2) is 5.56. The number of piperazine rings is 1. The molecule has 2 aromatic rings. The number of likely N-dealkylation sites (N-methyl/N-ethyl adjacent to an activating group) is 1. The van der Waals surface area contributed by atoms with Crippen LogP contribution in [0.15, 0.2) is 30.3 Å². The number of carboxylic acid groups (broad SMARTS) is 1. The molecule has 1 aliphatic rings. The zero-order valence-electron chi connectivity index (χ0n) is 12.3. The second-order valence-corrected chi connectivity index (χ2v) is 5.20. The van der Waals surface area contributed by atoms with Crippen molar-refractivity contribution in [2.45, 2.75) is 0 Å². The summed E-state index contributed by atoms with van der Waals surface area (Å²) in [6.07, 6.45) is 0. The second-order valence-electron chi connectivity index (χ2n) is 5.20. The highest BCUT2D eigenvalue weighted by atomic mass is 16.4. The van der Waals surface area contributed by atoms with E-state index in [0.29, 0.717) is 30.0 Å². The summed E-state index contributed by atoms with van der Waals surface area (Å²) in [5.74, 6) is -2.17. The van der Waals surface area contributed by atoms with Crippen molar-refractivity contribution < 1.29 is 19.5 Å². The van der Waals surface area contributed by atoms with Crippen molar-refractivity contribution in [3.05, 3.63) is 36.0 Å². The Morgan fingerprint density at radius 3 is 2.48 bits per heavy atom. The fraction of sp³-hybridized carbons (Fsp3) is 0.200. The number of carbonyl (C=O) groups is 3. The van der Waals surface area contributed by atoms with Gasteiger partial charge in [-0.05, 0) is 18.2 Å². The number of aromatic nitrogens is 2. The SMILES string of the molecule is CN1CCN(c2ccc(-c3cc(C(=O)O)[nH]n3)cc2)C(=O)C1=O. The first kappa shape index (κ1) is 14.8. The summed E-state index contributed by atoms with van der Waals surface area (Å²) in [5.41, 5.74) is 1.83. The molecule has 1 fully saturated rings. The summed E-state index contributed by atoms with van der Waals surface area (Å²) in [6, 6.07) is 8.31. The van der Waals surface area contributed by atoms with Crippen LogP contribution in [0, 0.1) is 0 Å². The lowest BCUT2D eigenvalue weighted by molar-refractivity contribution is -0.145. The van der Waals surface area contributed by atoms with Gasteiger partial charge in [-0.3, -0.25) is 14.7 Å². The van der Waals surface area contributed by atoms with Gasteiger partial charge in [0.1, 0.15) is 5.69 Å². The van der Waals surface area contributed by atoms with Gasteiger partial charge in [-0.1, -0.05) is 12.1 Å². The van der Waals surface area contributed by atoms with E-state index >= 15 is 0 Å². The molecule has 0 saturated carbocycles. The number of rotatable bonds is 3. The maximum absolute atomic E-state index is 12.0. The van der Waals surface area contributed by atoms with E-state index < -0.39 is 17.8 Å². The highest BCUT2D eigenvalue weighted by Gasteiger charge is 2.31. The molecule has 0 bridgehead atoms. The van der Waals surface area contributed by atoms with Crippen LogP contribution in [0.2, 0.25) is 0 Å². The van der Waals surface area contributed by atoms with Crippen LogP contribution in [0.1, 0.15) is 10.5 Å². The van der Waals surface area contributed by atoms with E-state index in [1.165, 1.54) is 15.9 Å². The van der Waals surface area contributed by atoms with E-state index in [0.717, 1.165) is 0 Å². The Bertz CT molecular complexity index is 781. The van der Waals surface area contributed by atoms with Crippen LogP contribution >= 0.6 is 0 Å². The number of aromatic carboxylic acids is 1. The number of nitrogens with one attached hydrogen (secondary N) is 1. The number of amides is 2. The molecule has 0 aliphatic carbocycles. The topological polar surface area (TPSA) is 107 Å². The van der Waals surface area contributed by atoms with Gasteiger partial charge in [0.25, 0.3) is 0 Å². The molecule has 1 aromatic heterocycles. The van der Waals surface area contributed by atoms with Crippen LogP contribution in [-0.4, -0.2) is 58.1 Å². The minimum atomic E-state index is -1.08. The summed E-state index contributed by atoms with van der Waals surface area (Å²) in [5, 5.41) is 15.3. The maximum Gasteiger partial charge on any atom is 0.353 e. The summed E-state index contributed by atoms with van der Waals surface area (Å²) in [7, 11) is 1.60. The lowest BCUT2D eigenvalue weighted by Gasteiger charge is -2.31. The molecule has 1 saturated heterocycles. The van der Waals surface area contributed by atoms with Crippen LogP contribution in [0.3, 0.4) is 0 Å². The Morgan fingerprint density at radius 1 is 1.17 bits per heavy atom. The molecule has 2 heterocycles. The smallest absolute Gasteiger partial charge is 0.353 e. The number of anilines is 1. The molecule has 0 atom stereocenters. The first-order chi connectivity index (χ1) is 11.0. The number of carbonyl (C=O) groups excluding carboxylic acids is 2. The van der Waals surface area contributed by atoms with Gasteiger partial charge in [-0.2, -0.15) is 5.10 Å². The molecule has 2 N–H and O–H groups in total. The monoisotopic (exact) mass is 314 g/mol. The van der Waals surface area contributed by atoms with Gasteiger partial charge in [0, 0.05) is 31.4 Å². The zero-order valence-corrected chi connectivity index (χ0v) is 12.3. The van der Waals surface area contributed by atoms with Crippen LogP contribution in [0.5, 0.6) is 0 Å². The third-order valence-corrected chi connectivity index (χ3v) is 3.72. The average Bonchev–Trinajstić information content (AvgIpc) is 3.03. The van der Waals surface area contributed by atoms with E-state index in [1.54, 1.807) is 31.3 Å². The Labute approximate surface area is 131 Å². The molecule has 8 nitrogen and oxygen atoms in total.